The van der Waals surface area contributed by atoms with Crippen molar-refractivity contribution in [2.45, 2.75) is 25.8 Å². The SMILES string of the molecule is CCn1cc(CC(CN)c2c[nH]c3ccccc23)c2ccccc21. The number of nitrogens with two attached hydrogens (primary N) is 1. The summed E-state index contributed by atoms with van der Waals surface area (Å²) in [5, 5.41) is 2.63. The van der Waals surface area contributed by atoms with Crippen LogP contribution >= 0.6 is 0 Å². The van der Waals surface area contributed by atoms with E-state index in [1.165, 1.54) is 32.9 Å². The first-order valence-electron chi connectivity index (χ1n) is 8.64. The van der Waals surface area contributed by atoms with Crippen LogP contribution in [0.1, 0.15) is 24.0 Å². The molecule has 1 unspecified atom stereocenters. The summed E-state index contributed by atoms with van der Waals surface area (Å²) in [6.45, 7) is 3.82. The van der Waals surface area contributed by atoms with Crippen LogP contribution in [0.4, 0.5) is 0 Å². The number of aromatic nitrogens is 2. The Labute approximate surface area is 142 Å². The number of benzene rings is 2. The highest BCUT2D eigenvalue weighted by atomic mass is 14.9. The highest BCUT2D eigenvalue weighted by Crippen LogP contribution is 2.31. The number of nitrogens with zero attached hydrogens (tertiary/aromatic N) is 1. The highest BCUT2D eigenvalue weighted by molar-refractivity contribution is 5.85. The van der Waals surface area contributed by atoms with Gasteiger partial charge in [-0.2, -0.15) is 0 Å². The molecule has 0 aliphatic heterocycles. The van der Waals surface area contributed by atoms with Crippen LogP contribution in [0, 0.1) is 0 Å². The van der Waals surface area contributed by atoms with E-state index in [2.05, 4.69) is 77.4 Å². The zero-order valence-electron chi connectivity index (χ0n) is 14.0. The molecule has 0 bridgehead atoms. The van der Waals surface area contributed by atoms with E-state index >= 15 is 0 Å². The van der Waals surface area contributed by atoms with Crippen LogP contribution in [0.25, 0.3) is 21.8 Å². The molecule has 2 aromatic carbocycles. The Kier molecular flexibility index (Phi) is 3.87. The summed E-state index contributed by atoms with van der Waals surface area (Å²) in [7, 11) is 0. The second-order valence-electron chi connectivity index (χ2n) is 6.38. The van der Waals surface area contributed by atoms with Crippen LogP contribution in [0.15, 0.2) is 60.9 Å². The zero-order valence-corrected chi connectivity index (χ0v) is 14.0. The molecule has 0 saturated heterocycles. The van der Waals surface area contributed by atoms with Gasteiger partial charge in [0, 0.05) is 46.7 Å². The van der Waals surface area contributed by atoms with Gasteiger partial charge in [0.25, 0.3) is 0 Å². The Morgan fingerprint density at radius 2 is 1.79 bits per heavy atom. The third-order valence-electron chi connectivity index (χ3n) is 5.02. The topological polar surface area (TPSA) is 46.7 Å². The second kappa shape index (κ2) is 6.17. The van der Waals surface area contributed by atoms with E-state index in [1.54, 1.807) is 0 Å². The summed E-state index contributed by atoms with van der Waals surface area (Å²) >= 11 is 0. The predicted octanol–water partition coefficient (Wildman–Crippen LogP) is 4.43. The third-order valence-corrected chi connectivity index (χ3v) is 5.02. The molecule has 3 heteroatoms. The monoisotopic (exact) mass is 317 g/mol. The minimum atomic E-state index is 0.317. The number of H-pyrrole nitrogens is 1. The summed E-state index contributed by atoms with van der Waals surface area (Å²) in [5.74, 6) is 0.317. The van der Waals surface area contributed by atoms with Crippen LogP contribution in [0.5, 0.6) is 0 Å². The first-order chi connectivity index (χ1) is 11.8. The molecule has 0 aliphatic rings. The van der Waals surface area contributed by atoms with E-state index in [-0.39, 0.29) is 0 Å². The summed E-state index contributed by atoms with van der Waals surface area (Å²) < 4.78 is 2.33. The molecule has 3 nitrogen and oxygen atoms in total. The Hall–Kier alpha value is -2.52. The van der Waals surface area contributed by atoms with Gasteiger partial charge < -0.3 is 15.3 Å². The Balaban J connectivity index is 1.76. The lowest BCUT2D eigenvalue weighted by Gasteiger charge is -2.14. The molecule has 0 aliphatic carbocycles. The Morgan fingerprint density at radius 3 is 2.58 bits per heavy atom. The number of aromatic amines is 1. The molecule has 1 atom stereocenters. The summed E-state index contributed by atoms with van der Waals surface area (Å²) in [4.78, 5) is 3.38. The van der Waals surface area contributed by atoms with Crippen molar-refractivity contribution in [3.05, 3.63) is 72.1 Å². The van der Waals surface area contributed by atoms with E-state index in [9.17, 15) is 0 Å². The van der Waals surface area contributed by atoms with E-state index in [0.717, 1.165) is 13.0 Å². The quantitative estimate of drug-likeness (QED) is 0.562. The molecular weight excluding hydrogens is 294 g/mol. The minimum Gasteiger partial charge on any atom is -0.361 e. The number of fused-ring (bicyclic) bond motifs is 2. The Morgan fingerprint density at radius 1 is 1.04 bits per heavy atom. The maximum atomic E-state index is 6.17. The lowest BCUT2D eigenvalue weighted by molar-refractivity contribution is 0.697. The molecule has 4 rings (SSSR count). The molecule has 0 amide bonds. The van der Waals surface area contributed by atoms with Crippen molar-refractivity contribution >= 4 is 21.8 Å². The second-order valence-corrected chi connectivity index (χ2v) is 6.38. The number of hydrogen-bond acceptors (Lipinski definition) is 1. The molecule has 3 N–H and O–H groups in total. The van der Waals surface area contributed by atoms with Gasteiger partial charge in [-0.3, -0.25) is 0 Å². The van der Waals surface area contributed by atoms with Gasteiger partial charge in [-0.05, 0) is 43.1 Å². The van der Waals surface area contributed by atoms with Gasteiger partial charge in [0.2, 0.25) is 0 Å². The first-order valence-corrected chi connectivity index (χ1v) is 8.64. The van der Waals surface area contributed by atoms with E-state index in [1.807, 2.05) is 0 Å². The number of hydrogen-bond donors (Lipinski definition) is 2. The fraction of sp³-hybridized carbons (Fsp3) is 0.238. The van der Waals surface area contributed by atoms with Crippen LogP contribution in [-0.2, 0) is 13.0 Å². The van der Waals surface area contributed by atoms with Crippen molar-refractivity contribution in [2.75, 3.05) is 6.54 Å². The largest absolute Gasteiger partial charge is 0.361 e. The fourth-order valence-corrected chi connectivity index (χ4v) is 3.76. The van der Waals surface area contributed by atoms with Crippen LogP contribution in [0.2, 0.25) is 0 Å². The molecule has 0 spiro atoms. The van der Waals surface area contributed by atoms with Gasteiger partial charge in [-0.15, -0.1) is 0 Å². The van der Waals surface area contributed by atoms with Crippen molar-refractivity contribution in [1.29, 1.82) is 0 Å². The van der Waals surface area contributed by atoms with E-state index in [0.29, 0.717) is 12.5 Å². The van der Waals surface area contributed by atoms with Crippen molar-refractivity contribution in [1.82, 2.24) is 9.55 Å². The predicted molar refractivity (Wildman–Crippen MR) is 101 cm³/mol. The molecule has 24 heavy (non-hydrogen) atoms. The van der Waals surface area contributed by atoms with Crippen molar-refractivity contribution in [3.63, 3.8) is 0 Å². The summed E-state index contributed by atoms with van der Waals surface area (Å²) in [6.07, 6.45) is 5.38. The van der Waals surface area contributed by atoms with Gasteiger partial charge in [0.15, 0.2) is 0 Å². The maximum Gasteiger partial charge on any atom is 0.0483 e. The standard InChI is InChI=1S/C21H23N3/c1-2-24-14-16(17-7-4-6-10-21(17)24)11-15(12-22)19-13-23-20-9-5-3-8-18(19)20/h3-10,13-15,23H,2,11-12,22H2,1H3. The van der Waals surface area contributed by atoms with Crippen LogP contribution < -0.4 is 5.73 Å². The van der Waals surface area contributed by atoms with Crippen molar-refractivity contribution in [2.24, 2.45) is 5.73 Å². The average molecular weight is 317 g/mol. The number of rotatable bonds is 5. The summed E-state index contributed by atoms with van der Waals surface area (Å²) in [6, 6.07) is 17.1. The lowest BCUT2D eigenvalue weighted by Crippen LogP contribution is -2.14. The number of para-hydroxylation sites is 2. The van der Waals surface area contributed by atoms with E-state index < -0.39 is 0 Å². The van der Waals surface area contributed by atoms with Crippen LogP contribution in [-0.4, -0.2) is 16.1 Å². The van der Waals surface area contributed by atoms with E-state index in [4.69, 9.17) is 5.73 Å². The summed E-state index contributed by atoms with van der Waals surface area (Å²) in [5.41, 5.74) is 11.4. The van der Waals surface area contributed by atoms with Gasteiger partial charge in [-0.25, -0.2) is 0 Å². The number of nitrogens with one attached hydrogen (secondary N) is 1. The van der Waals surface area contributed by atoms with Gasteiger partial charge >= 0.3 is 0 Å². The van der Waals surface area contributed by atoms with Gasteiger partial charge in [0.1, 0.15) is 0 Å². The normalized spacial score (nSPS) is 12.9. The molecule has 2 heterocycles. The number of aryl methyl sites for hydroxylation is 1. The highest BCUT2D eigenvalue weighted by Gasteiger charge is 2.17. The first kappa shape index (κ1) is 15.0. The minimum absolute atomic E-state index is 0.317. The average Bonchev–Trinajstić information content (AvgIpc) is 3.21. The molecule has 0 fully saturated rings. The lowest BCUT2D eigenvalue weighted by atomic mass is 9.91. The molecule has 4 aromatic rings. The maximum absolute atomic E-state index is 6.17. The van der Waals surface area contributed by atoms with Gasteiger partial charge in [-0.1, -0.05) is 36.4 Å². The fourth-order valence-electron chi connectivity index (χ4n) is 3.76. The smallest absolute Gasteiger partial charge is 0.0483 e. The van der Waals surface area contributed by atoms with Gasteiger partial charge in [0.05, 0.1) is 0 Å². The van der Waals surface area contributed by atoms with Crippen LogP contribution in [0.3, 0.4) is 0 Å². The molecule has 122 valence electrons. The zero-order chi connectivity index (χ0) is 16.5. The van der Waals surface area contributed by atoms with Crippen molar-refractivity contribution < 1.29 is 0 Å². The Bertz CT molecular complexity index is 977. The molecular formula is C21H23N3. The molecule has 0 radical (unpaired) electrons. The molecule has 2 aromatic heterocycles. The molecule has 0 saturated carbocycles. The third kappa shape index (κ3) is 2.42. The van der Waals surface area contributed by atoms with Crippen molar-refractivity contribution in [3.8, 4) is 0 Å².